The van der Waals surface area contributed by atoms with Gasteiger partial charge in [0.25, 0.3) is 11.8 Å². The van der Waals surface area contributed by atoms with Gasteiger partial charge in [-0.05, 0) is 37.3 Å². The number of carbonyl (C=O) groups excluding carboxylic acids is 3. The Bertz CT molecular complexity index is 765. The molecule has 3 N–H and O–H groups in total. The fourth-order valence-electron chi connectivity index (χ4n) is 2.13. The topological polar surface area (TPSA) is 105 Å². The predicted octanol–water partition coefficient (Wildman–Crippen LogP) is 0.457. The van der Waals surface area contributed by atoms with Gasteiger partial charge in [-0.2, -0.15) is 5.10 Å². The van der Waals surface area contributed by atoms with Crippen molar-refractivity contribution in [2.45, 2.75) is 6.92 Å². The van der Waals surface area contributed by atoms with Crippen LogP contribution in [0.2, 0.25) is 0 Å². The van der Waals surface area contributed by atoms with Crippen LogP contribution in [0.15, 0.2) is 30.3 Å². The molecular formula is C16H19N5O3. The molecule has 0 spiro atoms. The van der Waals surface area contributed by atoms with E-state index in [4.69, 9.17) is 0 Å². The second kappa shape index (κ2) is 7.40. The molecule has 0 fully saturated rings. The van der Waals surface area contributed by atoms with Crippen molar-refractivity contribution in [1.82, 2.24) is 20.4 Å². The van der Waals surface area contributed by atoms with Gasteiger partial charge < -0.3 is 16.0 Å². The molecule has 1 aromatic heterocycles. The lowest BCUT2D eigenvalue weighted by atomic mass is 10.2. The molecule has 24 heavy (non-hydrogen) atoms. The molecule has 1 aromatic carbocycles. The molecule has 2 rings (SSSR count). The van der Waals surface area contributed by atoms with Gasteiger partial charge in [-0.25, -0.2) is 0 Å². The molecule has 2 aromatic rings. The third-order valence-corrected chi connectivity index (χ3v) is 3.30. The summed E-state index contributed by atoms with van der Waals surface area (Å²) in [4.78, 5) is 35.3. The fraction of sp³-hybridized carbons (Fsp3) is 0.250. The van der Waals surface area contributed by atoms with E-state index >= 15 is 0 Å². The second-order valence-corrected chi connectivity index (χ2v) is 5.18. The average Bonchev–Trinajstić information content (AvgIpc) is 2.91. The van der Waals surface area contributed by atoms with Gasteiger partial charge in [0.15, 0.2) is 0 Å². The van der Waals surface area contributed by atoms with Gasteiger partial charge in [-0.15, -0.1) is 0 Å². The zero-order chi connectivity index (χ0) is 17.7. The lowest BCUT2D eigenvalue weighted by Crippen LogP contribution is -2.33. The maximum Gasteiger partial charge on any atom is 0.269 e. The van der Waals surface area contributed by atoms with Crippen molar-refractivity contribution in [3.8, 4) is 0 Å². The molecule has 0 aliphatic carbocycles. The number of hydrogen-bond donors (Lipinski definition) is 3. The summed E-state index contributed by atoms with van der Waals surface area (Å²) in [6.07, 6.45) is 0. The molecule has 0 radical (unpaired) electrons. The van der Waals surface area contributed by atoms with E-state index in [-0.39, 0.29) is 24.3 Å². The lowest BCUT2D eigenvalue weighted by molar-refractivity contribution is -0.115. The summed E-state index contributed by atoms with van der Waals surface area (Å²) in [5.74, 6) is -0.940. The van der Waals surface area contributed by atoms with Crippen LogP contribution in [-0.4, -0.2) is 41.1 Å². The van der Waals surface area contributed by atoms with Crippen molar-refractivity contribution in [3.63, 3.8) is 0 Å². The van der Waals surface area contributed by atoms with E-state index in [0.29, 0.717) is 16.9 Å². The summed E-state index contributed by atoms with van der Waals surface area (Å²) in [7, 11) is 3.21. The number of nitrogens with one attached hydrogen (secondary N) is 3. The number of hydrogen-bond acceptors (Lipinski definition) is 4. The molecule has 0 saturated carbocycles. The molecule has 0 atom stereocenters. The molecule has 1 heterocycles. The molecule has 0 saturated heterocycles. The Morgan fingerprint density at radius 2 is 1.79 bits per heavy atom. The monoisotopic (exact) mass is 329 g/mol. The third-order valence-electron chi connectivity index (χ3n) is 3.30. The van der Waals surface area contributed by atoms with Crippen molar-refractivity contribution in [2.24, 2.45) is 7.05 Å². The van der Waals surface area contributed by atoms with Gasteiger partial charge in [-0.3, -0.25) is 19.1 Å². The van der Waals surface area contributed by atoms with E-state index < -0.39 is 0 Å². The van der Waals surface area contributed by atoms with Crippen LogP contribution in [0.1, 0.15) is 26.5 Å². The SMILES string of the molecule is CNC(=O)c1ccc(NC(=O)CNC(=O)c2cc(C)nn2C)cc1. The molecule has 8 nitrogen and oxygen atoms in total. The quantitative estimate of drug-likeness (QED) is 0.741. The summed E-state index contributed by atoms with van der Waals surface area (Å²) >= 11 is 0. The number of aryl methyl sites for hydroxylation is 2. The van der Waals surface area contributed by atoms with Crippen molar-refractivity contribution in [2.75, 3.05) is 18.9 Å². The number of aromatic nitrogens is 2. The molecule has 0 aliphatic rings. The van der Waals surface area contributed by atoms with Crippen LogP contribution >= 0.6 is 0 Å². The van der Waals surface area contributed by atoms with Crippen molar-refractivity contribution in [1.29, 1.82) is 0 Å². The first kappa shape index (κ1) is 17.2. The van der Waals surface area contributed by atoms with Gasteiger partial charge in [0, 0.05) is 25.3 Å². The summed E-state index contributed by atoms with van der Waals surface area (Å²) in [6.45, 7) is 1.62. The van der Waals surface area contributed by atoms with Crippen LogP contribution in [0.3, 0.4) is 0 Å². The fourth-order valence-corrected chi connectivity index (χ4v) is 2.13. The maximum absolute atomic E-state index is 12.0. The van der Waals surface area contributed by atoms with Gasteiger partial charge in [0.2, 0.25) is 5.91 Å². The molecule has 3 amide bonds. The van der Waals surface area contributed by atoms with Crippen LogP contribution in [0.5, 0.6) is 0 Å². The van der Waals surface area contributed by atoms with Crippen molar-refractivity contribution < 1.29 is 14.4 Å². The van der Waals surface area contributed by atoms with E-state index in [0.717, 1.165) is 5.69 Å². The van der Waals surface area contributed by atoms with Crippen LogP contribution < -0.4 is 16.0 Å². The number of amides is 3. The predicted molar refractivity (Wildman–Crippen MR) is 88.7 cm³/mol. The number of nitrogens with zero attached hydrogens (tertiary/aromatic N) is 2. The van der Waals surface area contributed by atoms with Crippen LogP contribution in [0.25, 0.3) is 0 Å². The van der Waals surface area contributed by atoms with Crippen LogP contribution in [-0.2, 0) is 11.8 Å². The summed E-state index contributed by atoms with van der Waals surface area (Å²) in [5, 5.41) is 11.8. The number of benzene rings is 1. The minimum atomic E-state index is -0.372. The Kier molecular flexibility index (Phi) is 5.31. The number of rotatable bonds is 5. The molecule has 0 bridgehead atoms. The Balaban J connectivity index is 1.88. The van der Waals surface area contributed by atoms with Gasteiger partial charge in [-0.1, -0.05) is 0 Å². The van der Waals surface area contributed by atoms with E-state index in [9.17, 15) is 14.4 Å². The minimum absolute atomic E-state index is 0.166. The highest BCUT2D eigenvalue weighted by molar-refractivity contribution is 5.99. The second-order valence-electron chi connectivity index (χ2n) is 5.18. The first-order valence-corrected chi connectivity index (χ1v) is 7.31. The molecule has 126 valence electrons. The largest absolute Gasteiger partial charge is 0.355 e. The maximum atomic E-state index is 12.0. The molecule has 8 heteroatoms. The summed E-state index contributed by atoms with van der Waals surface area (Å²) in [5.41, 5.74) is 2.15. The van der Waals surface area contributed by atoms with Gasteiger partial charge >= 0.3 is 0 Å². The first-order valence-electron chi connectivity index (χ1n) is 7.31. The summed E-state index contributed by atoms with van der Waals surface area (Å²) < 4.78 is 1.46. The lowest BCUT2D eigenvalue weighted by Gasteiger charge is -2.08. The Morgan fingerprint density at radius 3 is 2.33 bits per heavy atom. The van der Waals surface area contributed by atoms with Gasteiger partial charge in [0.05, 0.1) is 12.2 Å². The van der Waals surface area contributed by atoms with E-state index in [1.54, 1.807) is 51.4 Å². The Hall–Kier alpha value is -3.16. The van der Waals surface area contributed by atoms with Crippen molar-refractivity contribution in [3.05, 3.63) is 47.3 Å². The Morgan fingerprint density at radius 1 is 1.12 bits per heavy atom. The van der Waals surface area contributed by atoms with Crippen molar-refractivity contribution >= 4 is 23.4 Å². The highest BCUT2D eigenvalue weighted by Gasteiger charge is 2.13. The van der Waals surface area contributed by atoms with E-state index in [1.165, 1.54) is 4.68 Å². The minimum Gasteiger partial charge on any atom is -0.355 e. The van der Waals surface area contributed by atoms with Gasteiger partial charge in [0.1, 0.15) is 5.69 Å². The highest BCUT2D eigenvalue weighted by Crippen LogP contribution is 2.09. The third kappa shape index (κ3) is 4.19. The zero-order valence-electron chi connectivity index (χ0n) is 13.7. The van der Waals surface area contributed by atoms with Crippen LogP contribution in [0, 0.1) is 6.92 Å². The smallest absolute Gasteiger partial charge is 0.269 e. The normalized spacial score (nSPS) is 10.1. The average molecular weight is 329 g/mol. The number of carbonyl (C=O) groups is 3. The number of anilines is 1. The molecule has 0 unspecified atom stereocenters. The van der Waals surface area contributed by atoms with Crippen LogP contribution in [0.4, 0.5) is 5.69 Å². The molecule has 0 aliphatic heterocycles. The zero-order valence-corrected chi connectivity index (χ0v) is 13.7. The van der Waals surface area contributed by atoms with E-state index in [2.05, 4.69) is 21.0 Å². The van der Waals surface area contributed by atoms with E-state index in [1.807, 2.05) is 0 Å². The first-order chi connectivity index (χ1) is 11.4. The Labute approximate surface area is 139 Å². The molecular weight excluding hydrogens is 310 g/mol. The standard InChI is InChI=1S/C16H19N5O3/c1-10-8-13(21(3)20-10)16(24)18-9-14(22)19-12-6-4-11(5-7-12)15(23)17-2/h4-8H,9H2,1-3H3,(H,17,23)(H,18,24)(H,19,22). The highest BCUT2D eigenvalue weighted by atomic mass is 16.2. The summed E-state index contributed by atoms with van der Waals surface area (Å²) in [6, 6.07) is 8.09.